The fourth-order valence-corrected chi connectivity index (χ4v) is 2.11. The molecule has 1 aromatic carbocycles. The maximum atomic E-state index is 5.65. The average Bonchev–Trinajstić information content (AvgIpc) is 2.93. The number of nitrogens with one attached hydrogen (secondary N) is 1. The zero-order valence-electron chi connectivity index (χ0n) is 10.6. The highest BCUT2D eigenvalue weighted by molar-refractivity contribution is 5.49. The van der Waals surface area contributed by atoms with Gasteiger partial charge in [0.05, 0.1) is 26.4 Å². The molecule has 18 heavy (non-hydrogen) atoms. The third-order valence-corrected chi connectivity index (χ3v) is 2.94. The Hall–Kier alpha value is -1.72. The molecule has 1 aromatic rings. The van der Waals surface area contributed by atoms with Gasteiger partial charge < -0.3 is 14.2 Å². The maximum Gasteiger partial charge on any atom is 0.127 e. The Bertz CT molecular complexity index is 424. The van der Waals surface area contributed by atoms with Crippen molar-refractivity contribution in [3.63, 3.8) is 0 Å². The van der Waals surface area contributed by atoms with Crippen LogP contribution in [0.25, 0.3) is 0 Å². The molecule has 3 N–H and O–H groups in total. The van der Waals surface area contributed by atoms with Gasteiger partial charge in [-0.05, 0) is 18.2 Å². The molecule has 1 heterocycles. The topological polar surface area (TPSA) is 65.7 Å². The van der Waals surface area contributed by atoms with Crippen molar-refractivity contribution in [3.05, 3.63) is 35.6 Å². The van der Waals surface area contributed by atoms with E-state index >= 15 is 0 Å². The Morgan fingerprint density at radius 3 is 2.39 bits per heavy atom. The smallest absolute Gasteiger partial charge is 0.127 e. The molecule has 0 fully saturated rings. The van der Waals surface area contributed by atoms with Gasteiger partial charge in [-0.15, -0.1) is 0 Å². The zero-order chi connectivity index (χ0) is 13.0. The second kappa shape index (κ2) is 5.75. The van der Waals surface area contributed by atoms with E-state index in [1.54, 1.807) is 14.2 Å². The lowest BCUT2D eigenvalue weighted by molar-refractivity contribution is 0.213. The van der Waals surface area contributed by atoms with Gasteiger partial charge in [-0.3, -0.25) is 5.84 Å². The molecule has 5 heteroatoms. The molecular formula is C13H18N2O3. The molecule has 1 aliphatic heterocycles. The molecule has 0 saturated carbocycles. The lowest BCUT2D eigenvalue weighted by Gasteiger charge is -2.22. The van der Waals surface area contributed by atoms with Crippen LogP contribution in [0.3, 0.4) is 0 Å². The van der Waals surface area contributed by atoms with Crippen LogP contribution in [-0.2, 0) is 4.74 Å². The van der Waals surface area contributed by atoms with Crippen LogP contribution in [-0.4, -0.2) is 20.8 Å². The Labute approximate surface area is 106 Å². The number of hydrogen-bond acceptors (Lipinski definition) is 5. The molecule has 1 unspecified atom stereocenters. The minimum atomic E-state index is -0.265. The summed E-state index contributed by atoms with van der Waals surface area (Å²) in [5, 5.41) is 0. The van der Waals surface area contributed by atoms with Gasteiger partial charge in [0.25, 0.3) is 0 Å². The molecule has 0 amide bonds. The number of rotatable bonds is 5. The van der Waals surface area contributed by atoms with Crippen molar-refractivity contribution < 1.29 is 14.2 Å². The van der Waals surface area contributed by atoms with E-state index in [1.165, 1.54) is 0 Å². The number of methoxy groups -OCH3 is 2. The first-order chi connectivity index (χ1) is 8.81. The van der Waals surface area contributed by atoms with Gasteiger partial charge >= 0.3 is 0 Å². The van der Waals surface area contributed by atoms with E-state index in [0.29, 0.717) is 18.1 Å². The normalized spacial score (nSPS) is 15.8. The Morgan fingerprint density at radius 1 is 1.28 bits per heavy atom. The molecular weight excluding hydrogens is 232 g/mol. The van der Waals surface area contributed by atoms with Gasteiger partial charge in [0.1, 0.15) is 23.3 Å². The van der Waals surface area contributed by atoms with E-state index in [0.717, 1.165) is 17.7 Å². The van der Waals surface area contributed by atoms with Crippen molar-refractivity contribution in [2.75, 3.05) is 20.8 Å². The molecule has 0 saturated heterocycles. The quantitative estimate of drug-likeness (QED) is 0.612. The third kappa shape index (κ3) is 2.27. The molecule has 0 bridgehead atoms. The van der Waals surface area contributed by atoms with Crippen LogP contribution in [0.5, 0.6) is 11.5 Å². The van der Waals surface area contributed by atoms with Crippen LogP contribution in [0.2, 0.25) is 0 Å². The summed E-state index contributed by atoms with van der Waals surface area (Å²) in [5.41, 5.74) is 3.60. The minimum Gasteiger partial charge on any atom is -0.496 e. The lowest BCUT2D eigenvalue weighted by Crippen LogP contribution is -2.30. The molecule has 0 spiro atoms. The summed E-state index contributed by atoms with van der Waals surface area (Å²) in [6.07, 6.45) is 2.92. The summed E-state index contributed by atoms with van der Waals surface area (Å²) < 4.78 is 16.3. The monoisotopic (exact) mass is 250 g/mol. The molecule has 98 valence electrons. The summed E-state index contributed by atoms with van der Waals surface area (Å²) >= 11 is 0. The van der Waals surface area contributed by atoms with E-state index in [2.05, 4.69) is 5.43 Å². The van der Waals surface area contributed by atoms with Crippen molar-refractivity contribution in [1.29, 1.82) is 0 Å². The van der Waals surface area contributed by atoms with Crippen molar-refractivity contribution in [1.82, 2.24) is 5.43 Å². The number of ether oxygens (including phenoxy) is 3. The fraction of sp³-hybridized carbons (Fsp3) is 0.385. The zero-order valence-corrected chi connectivity index (χ0v) is 10.6. The summed E-state index contributed by atoms with van der Waals surface area (Å²) in [6.45, 7) is 0.685. The van der Waals surface area contributed by atoms with Gasteiger partial charge in [0, 0.05) is 6.42 Å². The van der Waals surface area contributed by atoms with Crippen molar-refractivity contribution in [3.8, 4) is 11.5 Å². The van der Waals surface area contributed by atoms with Gasteiger partial charge in [0.15, 0.2) is 0 Å². The number of hydrogen-bond donors (Lipinski definition) is 2. The van der Waals surface area contributed by atoms with E-state index in [9.17, 15) is 0 Å². The van der Waals surface area contributed by atoms with E-state index in [4.69, 9.17) is 20.1 Å². The Kier molecular flexibility index (Phi) is 4.07. The standard InChI is InChI=1S/C13H18N2O3/c1-16-9-5-3-6-10(17-2)12(9)13(15-14)11-7-4-8-18-11/h3,5-7,13,15H,4,8,14H2,1-2H3. The molecule has 1 atom stereocenters. The summed E-state index contributed by atoms with van der Waals surface area (Å²) in [7, 11) is 3.24. The van der Waals surface area contributed by atoms with Crippen molar-refractivity contribution in [2.45, 2.75) is 12.5 Å². The number of hydrazine groups is 1. The predicted octanol–water partition coefficient (Wildman–Crippen LogP) is 1.51. The molecule has 0 aromatic heterocycles. The highest BCUT2D eigenvalue weighted by atomic mass is 16.5. The lowest BCUT2D eigenvalue weighted by atomic mass is 10.0. The molecule has 0 aliphatic carbocycles. The van der Waals surface area contributed by atoms with Gasteiger partial charge in [0.2, 0.25) is 0 Å². The minimum absolute atomic E-state index is 0.265. The van der Waals surface area contributed by atoms with Gasteiger partial charge in [-0.25, -0.2) is 5.43 Å². The van der Waals surface area contributed by atoms with Crippen LogP contribution in [0.15, 0.2) is 30.0 Å². The average molecular weight is 250 g/mol. The van der Waals surface area contributed by atoms with Crippen LogP contribution in [0.1, 0.15) is 18.0 Å². The molecule has 0 radical (unpaired) electrons. The first kappa shape index (κ1) is 12.7. The maximum absolute atomic E-state index is 5.65. The fourth-order valence-electron chi connectivity index (χ4n) is 2.11. The molecule has 5 nitrogen and oxygen atoms in total. The van der Waals surface area contributed by atoms with Crippen LogP contribution in [0.4, 0.5) is 0 Å². The second-order valence-corrected chi connectivity index (χ2v) is 3.92. The Morgan fingerprint density at radius 2 is 1.94 bits per heavy atom. The van der Waals surface area contributed by atoms with Crippen LogP contribution in [0, 0.1) is 0 Å². The summed E-state index contributed by atoms with van der Waals surface area (Å²) in [4.78, 5) is 0. The highest BCUT2D eigenvalue weighted by Gasteiger charge is 2.26. The molecule has 1 aliphatic rings. The second-order valence-electron chi connectivity index (χ2n) is 3.92. The van der Waals surface area contributed by atoms with E-state index in [1.807, 2.05) is 24.3 Å². The SMILES string of the molecule is COc1cccc(OC)c1C(NN)C1=CCCO1. The number of benzene rings is 1. The predicted molar refractivity (Wildman–Crippen MR) is 68.3 cm³/mol. The van der Waals surface area contributed by atoms with Crippen molar-refractivity contribution >= 4 is 0 Å². The molecule has 2 rings (SSSR count). The van der Waals surface area contributed by atoms with Gasteiger partial charge in [-0.2, -0.15) is 0 Å². The van der Waals surface area contributed by atoms with Crippen molar-refractivity contribution in [2.24, 2.45) is 5.84 Å². The van der Waals surface area contributed by atoms with Crippen LogP contribution >= 0.6 is 0 Å². The summed E-state index contributed by atoms with van der Waals surface area (Å²) in [6, 6.07) is 5.35. The Balaban J connectivity index is 2.45. The number of nitrogens with two attached hydrogens (primary N) is 1. The van der Waals surface area contributed by atoms with E-state index in [-0.39, 0.29) is 6.04 Å². The van der Waals surface area contributed by atoms with E-state index < -0.39 is 0 Å². The first-order valence-corrected chi connectivity index (χ1v) is 5.81. The first-order valence-electron chi connectivity index (χ1n) is 5.81. The largest absolute Gasteiger partial charge is 0.496 e. The third-order valence-electron chi connectivity index (χ3n) is 2.94. The summed E-state index contributed by atoms with van der Waals surface area (Å²) in [5.74, 6) is 7.89. The van der Waals surface area contributed by atoms with Crippen LogP contribution < -0.4 is 20.7 Å². The van der Waals surface area contributed by atoms with Gasteiger partial charge in [-0.1, -0.05) is 6.07 Å². The highest BCUT2D eigenvalue weighted by Crippen LogP contribution is 2.38.